The highest BCUT2D eigenvalue weighted by molar-refractivity contribution is 9.11. The first-order chi connectivity index (χ1) is 11.5. The molecule has 1 aliphatic heterocycles. The predicted octanol–water partition coefficient (Wildman–Crippen LogP) is 3.29. The zero-order chi connectivity index (χ0) is 17.2. The maximum absolute atomic E-state index is 12.7. The molecular weight excluding hydrogens is 432 g/mol. The standard InChI is InChI=1S/C15H17BrN2O3S3/c16-13-3-4-14(23-13)24(20,21)18-6-1-2-12(9-18)15(19)17-8-11-5-7-22-10-11/h3-5,7,10,12H,1-2,6,8-9H2,(H,17,19). The molecule has 1 N–H and O–H groups in total. The van der Waals surface area contributed by atoms with E-state index in [-0.39, 0.29) is 18.4 Å². The molecule has 1 fully saturated rings. The molecule has 0 radical (unpaired) electrons. The van der Waals surface area contributed by atoms with Crippen LogP contribution in [0.15, 0.2) is 37.0 Å². The van der Waals surface area contributed by atoms with E-state index in [9.17, 15) is 13.2 Å². The Labute approximate surface area is 157 Å². The lowest BCUT2D eigenvalue weighted by molar-refractivity contribution is -0.126. The molecule has 0 aliphatic carbocycles. The molecule has 0 spiro atoms. The molecule has 1 saturated heterocycles. The lowest BCUT2D eigenvalue weighted by Gasteiger charge is -2.30. The van der Waals surface area contributed by atoms with Crippen LogP contribution in [-0.2, 0) is 21.4 Å². The van der Waals surface area contributed by atoms with Crippen molar-refractivity contribution in [3.63, 3.8) is 0 Å². The minimum absolute atomic E-state index is 0.0755. The van der Waals surface area contributed by atoms with Crippen LogP contribution in [0, 0.1) is 5.92 Å². The number of hydrogen-bond donors (Lipinski definition) is 1. The Hall–Kier alpha value is -0.740. The van der Waals surface area contributed by atoms with Crippen LogP contribution in [0.3, 0.4) is 0 Å². The van der Waals surface area contributed by atoms with E-state index in [2.05, 4.69) is 21.2 Å². The minimum atomic E-state index is -3.52. The van der Waals surface area contributed by atoms with Gasteiger partial charge in [-0.3, -0.25) is 4.79 Å². The van der Waals surface area contributed by atoms with E-state index in [1.807, 2.05) is 16.8 Å². The van der Waals surface area contributed by atoms with Crippen LogP contribution in [0.5, 0.6) is 0 Å². The molecule has 0 aromatic carbocycles. The number of thiophene rings is 2. The number of sulfonamides is 1. The predicted molar refractivity (Wildman–Crippen MR) is 99.7 cm³/mol. The van der Waals surface area contributed by atoms with Crippen molar-refractivity contribution in [1.82, 2.24) is 9.62 Å². The van der Waals surface area contributed by atoms with Crippen molar-refractivity contribution in [2.24, 2.45) is 5.92 Å². The molecule has 1 atom stereocenters. The zero-order valence-electron chi connectivity index (χ0n) is 12.8. The summed E-state index contributed by atoms with van der Waals surface area (Å²) in [6, 6.07) is 5.30. The number of halogens is 1. The second kappa shape index (κ2) is 7.65. The van der Waals surface area contributed by atoms with E-state index in [4.69, 9.17) is 0 Å². The van der Waals surface area contributed by atoms with E-state index in [1.54, 1.807) is 23.5 Å². The van der Waals surface area contributed by atoms with Crippen LogP contribution in [0.2, 0.25) is 0 Å². The Balaban J connectivity index is 1.64. The first-order valence-electron chi connectivity index (χ1n) is 7.51. The van der Waals surface area contributed by atoms with Crippen molar-refractivity contribution < 1.29 is 13.2 Å². The summed E-state index contributed by atoms with van der Waals surface area (Å²) in [5.41, 5.74) is 1.07. The van der Waals surface area contributed by atoms with Crippen LogP contribution in [0.25, 0.3) is 0 Å². The van der Waals surface area contributed by atoms with Crippen molar-refractivity contribution in [3.8, 4) is 0 Å². The van der Waals surface area contributed by atoms with Crippen LogP contribution in [0.4, 0.5) is 0 Å². The highest BCUT2D eigenvalue weighted by Crippen LogP contribution is 2.30. The normalized spacial score (nSPS) is 19.3. The topological polar surface area (TPSA) is 66.5 Å². The third-order valence-electron chi connectivity index (χ3n) is 3.94. The molecule has 5 nitrogen and oxygen atoms in total. The second-order valence-electron chi connectivity index (χ2n) is 5.61. The number of rotatable bonds is 5. The summed E-state index contributed by atoms with van der Waals surface area (Å²) in [6.45, 7) is 1.20. The van der Waals surface area contributed by atoms with E-state index in [0.717, 1.165) is 15.8 Å². The molecule has 0 bridgehead atoms. The van der Waals surface area contributed by atoms with Crippen molar-refractivity contribution in [3.05, 3.63) is 38.3 Å². The molecule has 24 heavy (non-hydrogen) atoms. The van der Waals surface area contributed by atoms with Crippen LogP contribution in [0.1, 0.15) is 18.4 Å². The maximum atomic E-state index is 12.7. The lowest BCUT2D eigenvalue weighted by Crippen LogP contribution is -2.45. The number of hydrogen-bond acceptors (Lipinski definition) is 5. The summed E-state index contributed by atoms with van der Waals surface area (Å²) in [7, 11) is -3.52. The third kappa shape index (κ3) is 4.08. The number of amides is 1. The maximum Gasteiger partial charge on any atom is 0.252 e. The summed E-state index contributed by atoms with van der Waals surface area (Å²) < 4.78 is 27.9. The average Bonchev–Trinajstić information content (AvgIpc) is 3.24. The summed E-state index contributed by atoms with van der Waals surface area (Å²) in [5.74, 6) is -0.371. The van der Waals surface area contributed by atoms with Gasteiger partial charge >= 0.3 is 0 Å². The molecule has 3 rings (SSSR count). The summed E-state index contributed by atoms with van der Waals surface area (Å²) in [5, 5.41) is 6.87. The van der Waals surface area contributed by atoms with Crippen molar-refractivity contribution >= 4 is 54.5 Å². The van der Waals surface area contributed by atoms with E-state index in [0.29, 0.717) is 23.7 Å². The van der Waals surface area contributed by atoms with Gasteiger partial charge in [0, 0.05) is 19.6 Å². The monoisotopic (exact) mass is 448 g/mol. The summed E-state index contributed by atoms with van der Waals surface area (Å²) >= 11 is 6.08. The molecule has 2 aromatic rings. The Morgan fingerprint density at radius 1 is 1.38 bits per heavy atom. The van der Waals surface area contributed by atoms with Gasteiger partial charge in [-0.05, 0) is 63.3 Å². The van der Waals surface area contributed by atoms with Crippen molar-refractivity contribution in [2.75, 3.05) is 13.1 Å². The van der Waals surface area contributed by atoms with Gasteiger partial charge < -0.3 is 5.32 Å². The van der Waals surface area contributed by atoms with Gasteiger partial charge in [0.15, 0.2) is 0 Å². The fraction of sp³-hybridized carbons (Fsp3) is 0.400. The van der Waals surface area contributed by atoms with Crippen molar-refractivity contribution in [2.45, 2.75) is 23.6 Å². The molecular formula is C15H17BrN2O3S3. The number of carbonyl (C=O) groups is 1. The molecule has 130 valence electrons. The number of nitrogens with one attached hydrogen (secondary N) is 1. The smallest absolute Gasteiger partial charge is 0.252 e. The fourth-order valence-electron chi connectivity index (χ4n) is 2.67. The molecule has 1 aliphatic rings. The third-order valence-corrected chi connectivity index (χ3v) is 8.63. The molecule has 2 aromatic heterocycles. The molecule has 1 amide bonds. The number of nitrogens with zero attached hydrogens (tertiary/aromatic N) is 1. The zero-order valence-corrected chi connectivity index (χ0v) is 16.8. The van der Waals surface area contributed by atoms with Gasteiger partial charge in [-0.2, -0.15) is 15.6 Å². The highest BCUT2D eigenvalue weighted by atomic mass is 79.9. The van der Waals surface area contributed by atoms with Gasteiger partial charge in [-0.1, -0.05) is 0 Å². The summed E-state index contributed by atoms with van der Waals surface area (Å²) in [4.78, 5) is 12.4. The fourth-order valence-corrected chi connectivity index (χ4v) is 7.02. The quantitative estimate of drug-likeness (QED) is 0.762. The van der Waals surface area contributed by atoms with E-state index < -0.39 is 10.0 Å². The SMILES string of the molecule is O=C(NCc1ccsc1)C1CCCN(S(=O)(=O)c2ccc(Br)s2)C1. The van der Waals surface area contributed by atoms with Crippen molar-refractivity contribution in [1.29, 1.82) is 0 Å². The molecule has 0 saturated carbocycles. The first kappa shape index (κ1) is 18.1. The Kier molecular flexibility index (Phi) is 5.76. The van der Waals surface area contributed by atoms with Crippen LogP contribution >= 0.6 is 38.6 Å². The minimum Gasteiger partial charge on any atom is -0.352 e. The summed E-state index contributed by atoms with van der Waals surface area (Å²) in [6.07, 6.45) is 1.41. The van der Waals surface area contributed by atoms with Gasteiger partial charge in [0.05, 0.1) is 9.70 Å². The Morgan fingerprint density at radius 2 is 2.21 bits per heavy atom. The Bertz CT molecular complexity index is 802. The van der Waals surface area contributed by atoms with Gasteiger partial charge in [0.1, 0.15) is 4.21 Å². The first-order valence-corrected chi connectivity index (χ1v) is 11.5. The average molecular weight is 449 g/mol. The van der Waals surface area contributed by atoms with Crippen LogP contribution < -0.4 is 5.32 Å². The molecule has 3 heterocycles. The molecule has 1 unspecified atom stereocenters. The van der Waals surface area contributed by atoms with Gasteiger partial charge in [0.2, 0.25) is 5.91 Å². The number of piperidine rings is 1. The van der Waals surface area contributed by atoms with E-state index in [1.165, 1.54) is 15.6 Å². The Morgan fingerprint density at radius 3 is 2.88 bits per heavy atom. The van der Waals surface area contributed by atoms with Gasteiger partial charge in [-0.15, -0.1) is 11.3 Å². The van der Waals surface area contributed by atoms with E-state index >= 15 is 0 Å². The van der Waals surface area contributed by atoms with Gasteiger partial charge in [0.25, 0.3) is 10.0 Å². The second-order valence-corrected chi connectivity index (χ2v) is 11.0. The molecule has 9 heteroatoms. The highest BCUT2D eigenvalue weighted by Gasteiger charge is 2.33. The largest absolute Gasteiger partial charge is 0.352 e. The number of carbonyl (C=O) groups excluding carboxylic acids is 1. The lowest BCUT2D eigenvalue weighted by atomic mass is 9.99. The van der Waals surface area contributed by atoms with Gasteiger partial charge in [-0.25, -0.2) is 8.42 Å². The van der Waals surface area contributed by atoms with Crippen LogP contribution in [-0.4, -0.2) is 31.7 Å².